The second-order valence-electron chi connectivity index (χ2n) is 4.97. The average Bonchev–Trinajstić information content (AvgIpc) is 2.72. The van der Waals surface area contributed by atoms with Gasteiger partial charge in [-0.25, -0.2) is 0 Å². The van der Waals surface area contributed by atoms with Crippen molar-refractivity contribution >= 4 is 27.0 Å². The number of rotatable bonds is 4. The van der Waals surface area contributed by atoms with Crippen molar-refractivity contribution in [2.75, 3.05) is 0 Å². The first-order chi connectivity index (χ1) is 9.34. The number of unbranched alkanes of at least 4 members (excludes halogenated alkanes) is 1. The van der Waals surface area contributed by atoms with E-state index in [2.05, 4.69) is 13.5 Å². The van der Waals surface area contributed by atoms with Gasteiger partial charge in [0.2, 0.25) is 0 Å². The lowest BCUT2D eigenvalue weighted by molar-refractivity contribution is -0.137. The highest BCUT2D eigenvalue weighted by molar-refractivity contribution is 7.20. The molecule has 108 valence electrons. The lowest BCUT2D eigenvalue weighted by Gasteiger charge is -2.05. The Morgan fingerprint density at radius 2 is 2.00 bits per heavy atom. The fraction of sp³-hybridized carbons (Fsp3) is 0.375. The van der Waals surface area contributed by atoms with E-state index in [0.29, 0.717) is 4.70 Å². The number of alkyl halides is 3. The molecular weight excluding hydrogens is 281 g/mol. The molecular formula is C16H17F3S. The SMILES string of the molecule is C=C(CCCC)c1sc2cc(C(F)(F)F)ccc2c1C. The van der Waals surface area contributed by atoms with Gasteiger partial charge in [0, 0.05) is 9.58 Å². The predicted octanol–water partition coefficient (Wildman–Crippen LogP) is 6.43. The Bertz CT molecular complexity index is 635. The second kappa shape index (κ2) is 5.60. The first-order valence-corrected chi connectivity index (χ1v) is 7.44. The van der Waals surface area contributed by atoms with E-state index in [1.54, 1.807) is 6.07 Å². The van der Waals surface area contributed by atoms with Gasteiger partial charge in [0.1, 0.15) is 0 Å². The highest BCUT2D eigenvalue weighted by Crippen LogP contribution is 2.39. The number of hydrogen-bond acceptors (Lipinski definition) is 1. The average molecular weight is 298 g/mol. The van der Waals surface area contributed by atoms with Crippen LogP contribution in [0.25, 0.3) is 15.7 Å². The molecule has 2 rings (SSSR count). The van der Waals surface area contributed by atoms with Crippen molar-refractivity contribution in [1.29, 1.82) is 0 Å². The number of benzene rings is 1. The molecule has 1 aromatic heterocycles. The topological polar surface area (TPSA) is 0 Å². The summed E-state index contributed by atoms with van der Waals surface area (Å²) in [7, 11) is 0. The Morgan fingerprint density at radius 3 is 2.60 bits per heavy atom. The van der Waals surface area contributed by atoms with Gasteiger partial charge in [-0.15, -0.1) is 11.3 Å². The van der Waals surface area contributed by atoms with E-state index in [0.717, 1.165) is 46.7 Å². The van der Waals surface area contributed by atoms with E-state index in [1.165, 1.54) is 17.4 Å². The summed E-state index contributed by atoms with van der Waals surface area (Å²) in [6.45, 7) is 8.15. The molecule has 0 unspecified atom stereocenters. The number of thiophene rings is 1. The maximum Gasteiger partial charge on any atom is 0.416 e. The van der Waals surface area contributed by atoms with Crippen LogP contribution in [-0.2, 0) is 6.18 Å². The molecule has 2 aromatic rings. The first-order valence-electron chi connectivity index (χ1n) is 6.63. The van der Waals surface area contributed by atoms with E-state index in [4.69, 9.17) is 0 Å². The normalized spacial score (nSPS) is 12.1. The summed E-state index contributed by atoms with van der Waals surface area (Å²) < 4.78 is 38.9. The lowest BCUT2D eigenvalue weighted by atomic mass is 10.0. The highest BCUT2D eigenvalue weighted by Gasteiger charge is 2.30. The van der Waals surface area contributed by atoms with E-state index < -0.39 is 11.7 Å². The fourth-order valence-corrected chi connectivity index (χ4v) is 3.49. The van der Waals surface area contributed by atoms with Gasteiger partial charge < -0.3 is 0 Å². The first kappa shape index (κ1) is 15.1. The molecule has 0 spiro atoms. The van der Waals surface area contributed by atoms with Gasteiger partial charge in [0.05, 0.1) is 5.56 Å². The third-order valence-corrected chi connectivity index (χ3v) is 4.78. The van der Waals surface area contributed by atoms with E-state index >= 15 is 0 Å². The minimum atomic E-state index is -4.29. The molecule has 0 amide bonds. The summed E-state index contributed by atoms with van der Waals surface area (Å²) in [6.07, 6.45) is -1.25. The molecule has 4 heteroatoms. The van der Waals surface area contributed by atoms with Crippen molar-refractivity contribution < 1.29 is 13.2 Å². The zero-order chi connectivity index (χ0) is 14.9. The number of allylic oxidation sites excluding steroid dienone is 1. The van der Waals surface area contributed by atoms with Crippen molar-refractivity contribution in [2.24, 2.45) is 0 Å². The molecule has 0 aliphatic carbocycles. The molecule has 1 aromatic carbocycles. The van der Waals surface area contributed by atoms with Crippen LogP contribution in [0.5, 0.6) is 0 Å². The number of hydrogen-bond donors (Lipinski definition) is 0. The number of halogens is 3. The minimum Gasteiger partial charge on any atom is -0.166 e. The zero-order valence-electron chi connectivity index (χ0n) is 11.6. The molecule has 0 nitrogen and oxygen atoms in total. The molecule has 0 saturated carbocycles. The van der Waals surface area contributed by atoms with Crippen LogP contribution in [0.2, 0.25) is 0 Å². The maximum atomic E-state index is 12.7. The van der Waals surface area contributed by atoms with Crippen LogP contribution in [0.1, 0.15) is 42.2 Å². The third-order valence-electron chi connectivity index (χ3n) is 3.42. The Hall–Kier alpha value is -1.29. The van der Waals surface area contributed by atoms with Crippen LogP contribution in [0, 0.1) is 6.92 Å². The summed E-state index contributed by atoms with van der Waals surface area (Å²) in [5, 5.41) is 0.899. The fourth-order valence-electron chi connectivity index (χ4n) is 2.24. The van der Waals surface area contributed by atoms with Crippen LogP contribution in [0.15, 0.2) is 24.8 Å². The van der Waals surface area contributed by atoms with Crippen LogP contribution in [0.3, 0.4) is 0 Å². The lowest BCUT2D eigenvalue weighted by Crippen LogP contribution is -2.03. The monoisotopic (exact) mass is 298 g/mol. The van der Waals surface area contributed by atoms with E-state index in [1.807, 2.05) is 6.92 Å². The summed E-state index contributed by atoms with van der Waals surface area (Å²) in [4.78, 5) is 1.03. The third kappa shape index (κ3) is 2.90. The molecule has 0 N–H and O–H groups in total. The molecule has 1 heterocycles. The molecule has 0 aliphatic rings. The van der Waals surface area contributed by atoms with Crippen LogP contribution < -0.4 is 0 Å². The van der Waals surface area contributed by atoms with Crippen LogP contribution >= 0.6 is 11.3 Å². The Labute approximate surface area is 120 Å². The van der Waals surface area contributed by atoms with Gasteiger partial charge in [-0.1, -0.05) is 26.0 Å². The van der Waals surface area contributed by atoms with Crippen LogP contribution in [0.4, 0.5) is 13.2 Å². The second-order valence-corrected chi connectivity index (χ2v) is 6.02. The standard InChI is InChI=1S/C16H17F3S/c1-4-5-6-10(2)15-11(3)13-8-7-12(16(17,18)19)9-14(13)20-15/h7-9H,2,4-6H2,1,3H3. The minimum absolute atomic E-state index is 0.586. The maximum absolute atomic E-state index is 12.7. The summed E-state index contributed by atoms with van der Waals surface area (Å²) in [5.41, 5.74) is 1.48. The Balaban J connectivity index is 2.44. The van der Waals surface area contributed by atoms with Crippen molar-refractivity contribution in [2.45, 2.75) is 39.3 Å². The number of aryl methyl sites for hydroxylation is 1. The molecule has 20 heavy (non-hydrogen) atoms. The van der Waals surface area contributed by atoms with Gasteiger partial charge in [0.25, 0.3) is 0 Å². The summed E-state index contributed by atoms with van der Waals surface area (Å²) in [5.74, 6) is 0. The smallest absolute Gasteiger partial charge is 0.166 e. The molecule has 0 bridgehead atoms. The summed E-state index contributed by atoms with van der Waals surface area (Å²) in [6, 6.07) is 3.96. The molecule has 0 atom stereocenters. The van der Waals surface area contributed by atoms with Gasteiger partial charge in [-0.2, -0.15) is 13.2 Å². The van der Waals surface area contributed by atoms with Crippen molar-refractivity contribution in [1.82, 2.24) is 0 Å². The molecule has 0 saturated heterocycles. The molecule has 0 aliphatic heterocycles. The highest BCUT2D eigenvalue weighted by atomic mass is 32.1. The Kier molecular flexibility index (Phi) is 4.23. The van der Waals surface area contributed by atoms with Crippen molar-refractivity contribution in [3.05, 3.63) is 40.8 Å². The van der Waals surface area contributed by atoms with Gasteiger partial charge in [0.15, 0.2) is 0 Å². The number of fused-ring (bicyclic) bond motifs is 1. The van der Waals surface area contributed by atoms with Gasteiger partial charge in [-0.3, -0.25) is 0 Å². The summed E-state index contributed by atoms with van der Waals surface area (Å²) >= 11 is 1.41. The van der Waals surface area contributed by atoms with E-state index in [-0.39, 0.29) is 0 Å². The van der Waals surface area contributed by atoms with Crippen LogP contribution in [-0.4, -0.2) is 0 Å². The Morgan fingerprint density at radius 1 is 1.30 bits per heavy atom. The van der Waals surface area contributed by atoms with E-state index in [9.17, 15) is 13.2 Å². The zero-order valence-corrected chi connectivity index (χ0v) is 12.4. The molecule has 0 radical (unpaired) electrons. The van der Waals surface area contributed by atoms with Crippen molar-refractivity contribution in [3.8, 4) is 0 Å². The van der Waals surface area contributed by atoms with Gasteiger partial charge in [-0.05, 0) is 48.4 Å². The van der Waals surface area contributed by atoms with Crippen molar-refractivity contribution in [3.63, 3.8) is 0 Å². The predicted molar refractivity (Wildman–Crippen MR) is 80.1 cm³/mol. The largest absolute Gasteiger partial charge is 0.416 e. The quantitative estimate of drug-likeness (QED) is 0.610. The van der Waals surface area contributed by atoms with Gasteiger partial charge >= 0.3 is 6.18 Å². The molecule has 0 fully saturated rings.